The second-order valence-electron chi connectivity index (χ2n) is 9.41. The fraction of sp³-hybridized carbons (Fsp3) is 0.640. The summed E-state index contributed by atoms with van der Waals surface area (Å²) in [6.45, 7) is 10.2. The molecular formula is C25H35N3O2S. The number of likely N-dealkylation sites (tertiary alicyclic amines) is 1. The lowest BCUT2D eigenvalue weighted by atomic mass is 9.97. The van der Waals surface area contributed by atoms with Crippen molar-refractivity contribution in [2.45, 2.75) is 58.5 Å². The van der Waals surface area contributed by atoms with Gasteiger partial charge in [-0.2, -0.15) is 0 Å². The van der Waals surface area contributed by atoms with Crippen LogP contribution in [0.3, 0.4) is 0 Å². The Kier molecular flexibility index (Phi) is 6.31. The van der Waals surface area contributed by atoms with Gasteiger partial charge >= 0.3 is 0 Å². The van der Waals surface area contributed by atoms with Gasteiger partial charge in [0.1, 0.15) is 0 Å². The summed E-state index contributed by atoms with van der Waals surface area (Å²) in [4.78, 5) is 18.0. The predicted molar refractivity (Wildman–Crippen MR) is 128 cm³/mol. The predicted octanol–water partition coefficient (Wildman–Crippen LogP) is 4.57. The molecule has 0 bridgehead atoms. The largest absolute Gasteiger partial charge is 0.381 e. The van der Waals surface area contributed by atoms with E-state index in [0.29, 0.717) is 6.04 Å². The fourth-order valence-corrected chi connectivity index (χ4v) is 6.42. The van der Waals surface area contributed by atoms with Crippen molar-refractivity contribution in [2.75, 3.05) is 38.6 Å². The zero-order valence-corrected chi connectivity index (χ0v) is 19.8. The third kappa shape index (κ3) is 4.14. The lowest BCUT2D eigenvalue weighted by Crippen LogP contribution is -2.42. The minimum atomic E-state index is 0.204. The van der Waals surface area contributed by atoms with Gasteiger partial charge in [-0.1, -0.05) is 13.8 Å². The van der Waals surface area contributed by atoms with E-state index in [0.717, 1.165) is 88.7 Å². The van der Waals surface area contributed by atoms with E-state index in [1.807, 2.05) is 11.9 Å². The van der Waals surface area contributed by atoms with Crippen LogP contribution >= 0.6 is 11.9 Å². The van der Waals surface area contributed by atoms with Crippen molar-refractivity contribution in [1.29, 1.82) is 0 Å². The van der Waals surface area contributed by atoms with Crippen LogP contribution in [0.25, 0.3) is 10.9 Å². The highest BCUT2D eigenvalue weighted by molar-refractivity contribution is 7.98. The molecule has 0 radical (unpaired) electrons. The summed E-state index contributed by atoms with van der Waals surface area (Å²) in [6, 6.07) is 7.06. The minimum Gasteiger partial charge on any atom is -0.381 e. The first-order chi connectivity index (χ1) is 15.2. The first-order valence-corrected chi connectivity index (χ1v) is 13.0. The van der Waals surface area contributed by atoms with E-state index in [1.54, 1.807) is 0 Å². The number of hydrogen-bond donors (Lipinski definition) is 0. The highest BCUT2D eigenvalue weighted by Gasteiger charge is 2.30. The fourth-order valence-electron chi connectivity index (χ4n) is 5.50. The molecule has 0 saturated carbocycles. The molecule has 0 spiro atoms. The van der Waals surface area contributed by atoms with Crippen molar-refractivity contribution in [2.24, 2.45) is 5.92 Å². The van der Waals surface area contributed by atoms with Crippen LogP contribution in [0.4, 0.5) is 0 Å². The van der Waals surface area contributed by atoms with Crippen molar-refractivity contribution in [3.63, 3.8) is 0 Å². The number of piperidine rings is 1. The zero-order valence-electron chi connectivity index (χ0n) is 18.9. The summed E-state index contributed by atoms with van der Waals surface area (Å²) >= 11 is 1.89. The van der Waals surface area contributed by atoms with E-state index >= 15 is 0 Å². The van der Waals surface area contributed by atoms with Crippen LogP contribution in [-0.2, 0) is 17.7 Å². The highest BCUT2D eigenvalue weighted by atomic mass is 32.2. The van der Waals surface area contributed by atoms with Gasteiger partial charge in [0.25, 0.3) is 5.91 Å². The Morgan fingerprint density at radius 1 is 1.13 bits per heavy atom. The Balaban J connectivity index is 1.48. The van der Waals surface area contributed by atoms with Gasteiger partial charge in [0.2, 0.25) is 0 Å². The Bertz CT molecular complexity index is 942. The molecule has 0 unspecified atom stereocenters. The van der Waals surface area contributed by atoms with Crippen LogP contribution in [0.1, 0.15) is 61.1 Å². The number of fused-ring (bicyclic) bond motifs is 3. The maximum atomic E-state index is 13.3. The molecule has 168 valence electrons. The maximum Gasteiger partial charge on any atom is 0.253 e. The summed E-state index contributed by atoms with van der Waals surface area (Å²) in [5, 5.41) is 1.28. The first-order valence-electron chi connectivity index (χ1n) is 12.1. The molecule has 2 fully saturated rings. The second-order valence-corrected chi connectivity index (χ2v) is 10.6. The SMILES string of the molecule is CCSn1c2c(c3cc(C(=O)N4CCC(C)CC4)ccc31)CN(C1CCOCC1)CC2. The van der Waals surface area contributed by atoms with E-state index in [-0.39, 0.29) is 5.91 Å². The number of hydrogen-bond acceptors (Lipinski definition) is 4. The molecule has 1 aromatic heterocycles. The van der Waals surface area contributed by atoms with Gasteiger partial charge in [-0.15, -0.1) is 0 Å². The van der Waals surface area contributed by atoms with Crippen LogP contribution in [0.2, 0.25) is 0 Å². The van der Waals surface area contributed by atoms with Gasteiger partial charge < -0.3 is 9.64 Å². The molecule has 1 aromatic carbocycles. The van der Waals surface area contributed by atoms with Gasteiger partial charge in [-0.25, -0.2) is 0 Å². The number of benzene rings is 1. The van der Waals surface area contributed by atoms with Crippen molar-refractivity contribution >= 4 is 28.8 Å². The molecule has 31 heavy (non-hydrogen) atoms. The average Bonchev–Trinajstić information content (AvgIpc) is 3.12. The van der Waals surface area contributed by atoms with Crippen LogP contribution in [0.5, 0.6) is 0 Å². The molecule has 4 heterocycles. The first kappa shape index (κ1) is 21.4. The summed E-state index contributed by atoms with van der Waals surface area (Å²) in [7, 11) is 0. The molecule has 0 aliphatic carbocycles. The van der Waals surface area contributed by atoms with Crippen molar-refractivity contribution in [3.8, 4) is 0 Å². The Labute approximate surface area is 190 Å². The standard InChI is InChI=1S/C25H35N3O2S/c1-3-31-28-23-5-4-19(25(29)26-11-6-18(2)7-12-26)16-21(23)22-17-27(13-8-24(22)28)20-9-14-30-15-10-20/h4-5,16,18,20H,3,6-15,17H2,1-2H3. The van der Waals surface area contributed by atoms with Gasteiger partial charge in [0.15, 0.2) is 0 Å². The molecule has 1 amide bonds. The molecule has 3 aliphatic heterocycles. The quantitative estimate of drug-likeness (QED) is 0.697. The zero-order chi connectivity index (χ0) is 21.4. The topological polar surface area (TPSA) is 37.7 Å². The van der Waals surface area contributed by atoms with E-state index in [4.69, 9.17) is 4.74 Å². The summed E-state index contributed by atoms with van der Waals surface area (Å²) in [5.74, 6) is 1.98. The summed E-state index contributed by atoms with van der Waals surface area (Å²) in [5.41, 5.74) is 5.03. The number of carbonyl (C=O) groups excluding carboxylic acids is 1. The Morgan fingerprint density at radius 2 is 1.90 bits per heavy atom. The smallest absolute Gasteiger partial charge is 0.253 e. The van der Waals surface area contributed by atoms with Gasteiger partial charge in [-0.05, 0) is 67.3 Å². The molecule has 6 heteroatoms. The molecular weight excluding hydrogens is 406 g/mol. The molecule has 5 nitrogen and oxygen atoms in total. The molecule has 0 atom stereocenters. The molecule has 3 aliphatic rings. The molecule has 5 rings (SSSR count). The van der Waals surface area contributed by atoms with Crippen LogP contribution in [0, 0.1) is 5.92 Å². The summed E-state index contributed by atoms with van der Waals surface area (Å²) in [6.07, 6.45) is 5.59. The van der Waals surface area contributed by atoms with E-state index < -0.39 is 0 Å². The van der Waals surface area contributed by atoms with E-state index in [2.05, 4.69) is 45.8 Å². The summed E-state index contributed by atoms with van der Waals surface area (Å²) < 4.78 is 8.04. The van der Waals surface area contributed by atoms with Crippen LogP contribution in [0.15, 0.2) is 18.2 Å². The highest BCUT2D eigenvalue weighted by Crippen LogP contribution is 2.36. The second kappa shape index (κ2) is 9.16. The number of nitrogens with zero attached hydrogens (tertiary/aromatic N) is 3. The van der Waals surface area contributed by atoms with Crippen molar-refractivity contribution < 1.29 is 9.53 Å². The maximum absolute atomic E-state index is 13.3. The molecule has 2 aromatic rings. The number of aromatic nitrogens is 1. The third-order valence-electron chi connectivity index (χ3n) is 7.41. The lowest BCUT2D eigenvalue weighted by Gasteiger charge is -2.37. The third-order valence-corrected chi connectivity index (χ3v) is 8.35. The number of carbonyl (C=O) groups is 1. The van der Waals surface area contributed by atoms with Crippen molar-refractivity contribution in [3.05, 3.63) is 35.0 Å². The van der Waals surface area contributed by atoms with E-state index in [1.165, 1.54) is 22.2 Å². The number of amides is 1. The van der Waals surface area contributed by atoms with Crippen molar-refractivity contribution in [1.82, 2.24) is 13.8 Å². The molecule has 2 saturated heterocycles. The minimum absolute atomic E-state index is 0.204. The van der Waals surface area contributed by atoms with Crippen LogP contribution in [-0.4, -0.2) is 64.3 Å². The Hall–Kier alpha value is -1.50. The van der Waals surface area contributed by atoms with Gasteiger partial charge in [0.05, 0.1) is 5.52 Å². The van der Waals surface area contributed by atoms with Gasteiger partial charge in [0, 0.05) is 74.3 Å². The number of rotatable bonds is 4. The number of ether oxygens (including phenoxy) is 1. The molecule has 0 N–H and O–H groups in total. The normalized spacial score (nSPS) is 21.5. The van der Waals surface area contributed by atoms with E-state index in [9.17, 15) is 4.79 Å². The van der Waals surface area contributed by atoms with Crippen LogP contribution < -0.4 is 0 Å². The van der Waals surface area contributed by atoms with Gasteiger partial charge in [-0.3, -0.25) is 13.7 Å². The monoisotopic (exact) mass is 441 g/mol. The Morgan fingerprint density at radius 3 is 2.65 bits per heavy atom. The lowest BCUT2D eigenvalue weighted by molar-refractivity contribution is 0.0291. The average molecular weight is 442 g/mol.